The summed E-state index contributed by atoms with van der Waals surface area (Å²) < 4.78 is 25.6. The van der Waals surface area contributed by atoms with Crippen molar-refractivity contribution >= 4 is 33.4 Å². The average molecular weight is 444 g/mol. The summed E-state index contributed by atoms with van der Waals surface area (Å²) in [5.41, 5.74) is 0.134. The number of unbranched alkanes of at least 4 members (excludes halogenated alkanes) is 2. The molecule has 2 rings (SSSR count). The predicted octanol–water partition coefficient (Wildman–Crippen LogP) is 2.89. The molecule has 29 heavy (non-hydrogen) atoms. The lowest BCUT2D eigenvalue weighted by atomic mass is 10.1. The van der Waals surface area contributed by atoms with Gasteiger partial charge in [-0.15, -0.1) is 0 Å². The normalized spacial score (nSPS) is 14.8. The van der Waals surface area contributed by atoms with Crippen LogP contribution in [0.3, 0.4) is 0 Å². The molecule has 0 aromatic heterocycles. The molecule has 1 fully saturated rings. The van der Waals surface area contributed by atoms with E-state index in [4.69, 9.17) is 11.6 Å². The number of carbonyl (C=O) groups is 2. The third-order valence-corrected chi connectivity index (χ3v) is 7.16. The Balaban J connectivity index is 1.77. The minimum atomic E-state index is -3.64. The molecular weight excluding hydrogens is 414 g/mol. The molecule has 1 aromatic carbocycles. The van der Waals surface area contributed by atoms with E-state index < -0.39 is 15.9 Å². The maximum Gasteiger partial charge on any atom is 0.252 e. The fraction of sp³-hybridized carbons (Fsp3) is 0.600. The van der Waals surface area contributed by atoms with Crippen molar-refractivity contribution in [1.82, 2.24) is 14.5 Å². The van der Waals surface area contributed by atoms with Crippen molar-refractivity contribution in [2.45, 2.75) is 49.8 Å². The fourth-order valence-electron chi connectivity index (χ4n) is 3.23. The van der Waals surface area contributed by atoms with E-state index >= 15 is 0 Å². The third-order valence-electron chi connectivity index (χ3n) is 5.02. The Hall–Kier alpha value is -1.64. The van der Waals surface area contributed by atoms with Crippen LogP contribution >= 0.6 is 11.6 Å². The molecule has 1 N–H and O–H groups in total. The number of rotatable bonds is 9. The van der Waals surface area contributed by atoms with Crippen LogP contribution in [0.1, 0.15) is 55.3 Å². The van der Waals surface area contributed by atoms with Gasteiger partial charge in [0.1, 0.15) is 0 Å². The van der Waals surface area contributed by atoms with E-state index in [1.807, 2.05) is 4.90 Å². The molecule has 0 unspecified atom stereocenters. The standard InChI is InChI=1S/C20H30ClN3O4S/c1-23(2)29(27,28)16-10-11-18(21)17(15-16)20(26)22-12-6-3-5-9-19(25)24-13-7-4-8-14-24/h10-11,15H,3-9,12-14H2,1-2H3,(H,22,26). The van der Waals surface area contributed by atoms with E-state index in [1.54, 1.807) is 0 Å². The van der Waals surface area contributed by atoms with Crippen LogP contribution in [0, 0.1) is 0 Å². The van der Waals surface area contributed by atoms with Gasteiger partial charge in [0.15, 0.2) is 0 Å². The molecule has 0 aliphatic carbocycles. The van der Waals surface area contributed by atoms with Crippen molar-refractivity contribution < 1.29 is 18.0 Å². The van der Waals surface area contributed by atoms with E-state index in [0.717, 1.165) is 49.5 Å². The SMILES string of the molecule is CN(C)S(=O)(=O)c1ccc(Cl)c(C(=O)NCCCCCC(=O)N2CCCCC2)c1. The van der Waals surface area contributed by atoms with E-state index in [2.05, 4.69) is 5.32 Å². The smallest absolute Gasteiger partial charge is 0.252 e. The van der Waals surface area contributed by atoms with Crippen LogP contribution in [-0.4, -0.2) is 63.2 Å². The van der Waals surface area contributed by atoms with Crippen LogP contribution < -0.4 is 5.32 Å². The van der Waals surface area contributed by atoms with Crippen LogP contribution in [0.15, 0.2) is 23.1 Å². The van der Waals surface area contributed by atoms with Gasteiger partial charge >= 0.3 is 0 Å². The average Bonchev–Trinajstić information content (AvgIpc) is 2.70. The number of hydrogen-bond acceptors (Lipinski definition) is 4. The van der Waals surface area contributed by atoms with Gasteiger partial charge in [-0.3, -0.25) is 9.59 Å². The van der Waals surface area contributed by atoms with E-state index in [9.17, 15) is 18.0 Å². The summed E-state index contributed by atoms with van der Waals surface area (Å²) in [7, 11) is -0.780. The second-order valence-electron chi connectivity index (χ2n) is 7.44. The molecule has 1 aliphatic rings. The molecule has 1 heterocycles. The van der Waals surface area contributed by atoms with E-state index in [-0.39, 0.29) is 21.4 Å². The van der Waals surface area contributed by atoms with Gasteiger partial charge in [0, 0.05) is 40.2 Å². The Kier molecular flexibility index (Phi) is 8.92. The number of amides is 2. The van der Waals surface area contributed by atoms with Crippen LogP contribution in [0.2, 0.25) is 5.02 Å². The number of benzene rings is 1. The number of hydrogen-bond donors (Lipinski definition) is 1. The number of likely N-dealkylation sites (tertiary alicyclic amines) is 1. The highest BCUT2D eigenvalue weighted by Crippen LogP contribution is 2.22. The summed E-state index contributed by atoms with van der Waals surface area (Å²) in [5, 5.41) is 2.97. The number of piperidine rings is 1. The molecule has 0 spiro atoms. The van der Waals surface area contributed by atoms with Gasteiger partial charge in [-0.2, -0.15) is 0 Å². The summed E-state index contributed by atoms with van der Waals surface area (Å²) in [4.78, 5) is 26.5. The minimum Gasteiger partial charge on any atom is -0.352 e. The molecule has 0 radical (unpaired) electrons. The maximum absolute atomic E-state index is 12.4. The van der Waals surface area contributed by atoms with Gasteiger partial charge in [-0.05, 0) is 50.3 Å². The Labute approximate surface area is 178 Å². The first kappa shape index (κ1) is 23.6. The van der Waals surface area contributed by atoms with Crippen molar-refractivity contribution in [2.24, 2.45) is 0 Å². The Morgan fingerprint density at radius 2 is 1.79 bits per heavy atom. The molecule has 9 heteroatoms. The van der Waals surface area contributed by atoms with Crippen molar-refractivity contribution in [1.29, 1.82) is 0 Å². The van der Waals surface area contributed by atoms with Gasteiger partial charge in [-0.25, -0.2) is 12.7 Å². The second kappa shape index (κ2) is 10.9. The molecule has 0 saturated carbocycles. The number of sulfonamides is 1. The quantitative estimate of drug-likeness (QED) is 0.594. The van der Waals surface area contributed by atoms with Gasteiger partial charge in [0.05, 0.1) is 15.5 Å². The highest BCUT2D eigenvalue weighted by Gasteiger charge is 2.20. The minimum absolute atomic E-state index is 0.0216. The van der Waals surface area contributed by atoms with Crippen LogP contribution in [0.5, 0.6) is 0 Å². The lowest BCUT2D eigenvalue weighted by molar-refractivity contribution is -0.132. The molecule has 0 bridgehead atoms. The number of nitrogens with zero attached hydrogens (tertiary/aromatic N) is 2. The summed E-state index contributed by atoms with van der Waals surface area (Å²) in [6, 6.07) is 4.09. The molecule has 2 amide bonds. The first-order valence-corrected chi connectivity index (χ1v) is 11.8. The monoisotopic (exact) mass is 443 g/mol. The molecular formula is C20H30ClN3O4S. The summed E-state index contributed by atoms with van der Waals surface area (Å²) in [6.07, 6.45) is 6.31. The zero-order chi connectivity index (χ0) is 21.4. The lowest BCUT2D eigenvalue weighted by Crippen LogP contribution is -2.35. The summed E-state index contributed by atoms with van der Waals surface area (Å²) in [5.74, 6) is -0.186. The molecule has 7 nitrogen and oxygen atoms in total. The van der Waals surface area contributed by atoms with Crippen LogP contribution in [0.4, 0.5) is 0 Å². The first-order valence-electron chi connectivity index (χ1n) is 10.0. The van der Waals surface area contributed by atoms with Gasteiger partial charge in [0.25, 0.3) is 5.91 Å². The van der Waals surface area contributed by atoms with Crippen molar-refractivity contribution in [3.8, 4) is 0 Å². The Morgan fingerprint density at radius 1 is 1.10 bits per heavy atom. The lowest BCUT2D eigenvalue weighted by Gasteiger charge is -2.26. The largest absolute Gasteiger partial charge is 0.352 e. The fourth-order valence-corrected chi connectivity index (χ4v) is 4.36. The van der Waals surface area contributed by atoms with Crippen LogP contribution in [0.25, 0.3) is 0 Å². The predicted molar refractivity (Wildman–Crippen MR) is 114 cm³/mol. The molecule has 162 valence electrons. The van der Waals surface area contributed by atoms with E-state index in [1.165, 1.54) is 38.7 Å². The second-order valence-corrected chi connectivity index (χ2v) is 10.00. The Morgan fingerprint density at radius 3 is 2.45 bits per heavy atom. The zero-order valence-corrected chi connectivity index (χ0v) is 18.7. The number of carbonyl (C=O) groups excluding carboxylic acids is 2. The van der Waals surface area contributed by atoms with Gasteiger partial charge < -0.3 is 10.2 Å². The molecule has 1 saturated heterocycles. The first-order chi connectivity index (χ1) is 13.7. The van der Waals surface area contributed by atoms with Crippen molar-refractivity contribution in [2.75, 3.05) is 33.7 Å². The maximum atomic E-state index is 12.4. The molecule has 0 atom stereocenters. The van der Waals surface area contributed by atoms with Crippen molar-refractivity contribution in [3.63, 3.8) is 0 Å². The summed E-state index contributed by atoms with van der Waals surface area (Å²) in [6.45, 7) is 2.19. The molecule has 1 aromatic rings. The topological polar surface area (TPSA) is 86.8 Å². The van der Waals surface area contributed by atoms with Crippen molar-refractivity contribution in [3.05, 3.63) is 28.8 Å². The molecule has 1 aliphatic heterocycles. The van der Waals surface area contributed by atoms with Gasteiger partial charge in [-0.1, -0.05) is 18.0 Å². The number of nitrogens with one attached hydrogen (secondary N) is 1. The van der Waals surface area contributed by atoms with Gasteiger partial charge in [0.2, 0.25) is 15.9 Å². The number of halogens is 1. The Bertz CT molecular complexity index is 821. The zero-order valence-electron chi connectivity index (χ0n) is 17.1. The van der Waals surface area contributed by atoms with E-state index in [0.29, 0.717) is 13.0 Å². The summed E-state index contributed by atoms with van der Waals surface area (Å²) >= 11 is 6.08. The third kappa shape index (κ3) is 6.69. The van der Waals surface area contributed by atoms with Crippen LogP contribution in [-0.2, 0) is 14.8 Å². The highest BCUT2D eigenvalue weighted by atomic mass is 35.5. The highest BCUT2D eigenvalue weighted by molar-refractivity contribution is 7.89.